The van der Waals surface area contributed by atoms with Gasteiger partial charge in [0, 0.05) is 22.7 Å². The molecule has 0 unspecified atom stereocenters. The number of aromatic nitrogens is 2. The SMILES string of the molecule is Cc1c[nH]c2ncc(CN3C(=O)N(c4ccc(SC(F)(F)F)cc4)C(=O)C3(C)C)cc12. The average molecular weight is 448 g/mol. The summed E-state index contributed by atoms with van der Waals surface area (Å²) in [5, 5.41) is 0.933. The van der Waals surface area contributed by atoms with E-state index in [1.807, 2.05) is 19.2 Å². The molecule has 0 bridgehead atoms. The van der Waals surface area contributed by atoms with Gasteiger partial charge in [-0.1, -0.05) is 0 Å². The van der Waals surface area contributed by atoms with E-state index in [9.17, 15) is 22.8 Å². The maximum atomic E-state index is 13.1. The molecular weight excluding hydrogens is 429 g/mol. The Kier molecular flexibility index (Phi) is 5.00. The molecular formula is C21H19F3N4O2S. The van der Waals surface area contributed by atoms with E-state index in [0.29, 0.717) is 0 Å². The number of carbonyl (C=O) groups is 2. The molecule has 3 heterocycles. The van der Waals surface area contributed by atoms with E-state index >= 15 is 0 Å². The van der Waals surface area contributed by atoms with Gasteiger partial charge < -0.3 is 9.88 Å². The number of aryl methyl sites for hydroxylation is 1. The van der Waals surface area contributed by atoms with Gasteiger partial charge in [-0.05, 0) is 74.0 Å². The van der Waals surface area contributed by atoms with Crippen LogP contribution in [0, 0.1) is 6.92 Å². The van der Waals surface area contributed by atoms with Gasteiger partial charge in [0.25, 0.3) is 5.91 Å². The van der Waals surface area contributed by atoms with Crippen LogP contribution < -0.4 is 4.90 Å². The molecule has 3 aromatic rings. The van der Waals surface area contributed by atoms with Gasteiger partial charge >= 0.3 is 11.5 Å². The van der Waals surface area contributed by atoms with Gasteiger partial charge in [0.2, 0.25) is 0 Å². The zero-order valence-electron chi connectivity index (χ0n) is 16.9. The fraction of sp³-hybridized carbons (Fsp3) is 0.286. The molecule has 1 aromatic carbocycles. The predicted octanol–water partition coefficient (Wildman–Crippen LogP) is 5.23. The number of amides is 3. The molecule has 3 amide bonds. The van der Waals surface area contributed by atoms with Crippen LogP contribution in [0.2, 0.25) is 0 Å². The molecule has 0 aliphatic carbocycles. The van der Waals surface area contributed by atoms with E-state index in [2.05, 4.69) is 9.97 Å². The summed E-state index contributed by atoms with van der Waals surface area (Å²) in [6.45, 7) is 5.41. The molecule has 1 saturated heterocycles. The summed E-state index contributed by atoms with van der Waals surface area (Å²) in [6, 6.07) is 6.58. The third-order valence-corrected chi connectivity index (χ3v) is 6.03. The number of thioether (sulfide) groups is 1. The molecule has 1 fully saturated rings. The Morgan fingerprint density at radius 3 is 2.48 bits per heavy atom. The van der Waals surface area contributed by atoms with Crippen molar-refractivity contribution < 1.29 is 22.8 Å². The summed E-state index contributed by atoms with van der Waals surface area (Å²) in [6.07, 6.45) is 3.50. The lowest BCUT2D eigenvalue weighted by atomic mass is 10.0. The van der Waals surface area contributed by atoms with Crippen LogP contribution in [0.5, 0.6) is 0 Å². The lowest BCUT2D eigenvalue weighted by molar-refractivity contribution is -0.123. The Balaban J connectivity index is 1.61. The number of carbonyl (C=O) groups excluding carboxylic acids is 2. The number of halogens is 3. The van der Waals surface area contributed by atoms with Crippen molar-refractivity contribution in [3.63, 3.8) is 0 Å². The lowest BCUT2D eigenvalue weighted by Gasteiger charge is -2.27. The van der Waals surface area contributed by atoms with Crippen molar-refractivity contribution in [3.8, 4) is 0 Å². The normalized spacial score (nSPS) is 16.6. The minimum absolute atomic E-state index is 0.0206. The van der Waals surface area contributed by atoms with Gasteiger partial charge in [-0.15, -0.1) is 0 Å². The number of benzene rings is 1. The van der Waals surface area contributed by atoms with E-state index < -0.39 is 23.0 Å². The largest absolute Gasteiger partial charge is 0.446 e. The van der Waals surface area contributed by atoms with Gasteiger partial charge in [-0.25, -0.2) is 14.7 Å². The molecule has 0 atom stereocenters. The first-order valence-corrected chi connectivity index (χ1v) is 10.2. The molecule has 0 saturated carbocycles. The number of nitrogens with one attached hydrogen (secondary N) is 1. The van der Waals surface area contributed by atoms with Crippen molar-refractivity contribution in [2.45, 2.75) is 43.3 Å². The highest BCUT2D eigenvalue weighted by atomic mass is 32.2. The molecule has 2 aromatic heterocycles. The molecule has 4 rings (SSSR count). The third kappa shape index (κ3) is 3.87. The van der Waals surface area contributed by atoms with Gasteiger partial charge in [0.15, 0.2) is 0 Å². The molecule has 1 N–H and O–H groups in total. The van der Waals surface area contributed by atoms with Gasteiger partial charge in [0.05, 0.1) is 12.2 Å². The maximum absolute atomic E-state index is 13.1. The van der Waals surface area contributed by atoms with Crippen molar-refractivity contribution in [3.05, 3.63) is 53.9 Å². The molecule has 1 aliphatic rings. The van der Waals surface area contributed by atoms with E-state index in [1.165, 1.54) is 29.2 Å². The number of rotatable bonds is 4. The van der Waals surface area contributed by atoms with Crippen molar-refractivity contribution >= 4 is 40.4 Å². The predicted molar refractivity (Wildman–Crippen MR) is 112 cm³/mol. The monoisotopic (exact) mass is 448 g/mol. The molecule has 10 heteroatoms. The van der Waals surface area contributed by atoms with E-state index in [1.54, 1.807) is 20.0 Å². The Bertz CT molecular complexity index is 1170. The number of H-pyrrole nitrogens is 1. The van der Waals surface area contributed by atoms with Crippen LogP contribution in [-0.2, 0) is 11.3 Å². The topological polar surface area (TPSA) is 69.3 Å². The number of fused-ring (bicyclic) bond motifs is 1. The first-order chi connectivity index (χ1) is 14.5. The fourth-order valence-corrected chi connectivity index (χ4v) is 4.11. The van der Waals surface area contributed by atoms with Crippen LogP contribution >= 0.6 is 11.8 Å². The summed E-state index contributed by atoms with van der Waals surface area (Å²) in [5.74, 6) is -0.444. The second kappa shape index (κ2) is 7.30. The number of alkyl halides is 3. The van der Waals surface area contributed by atoms with E-state index in [0.717, 1.165) is 27.1 Å². The highest BCUT2D eigenvalue weighted by molar-refractivity contribution is 8.00. The summed E-state index contributed by atoms with van der Waals surface area (Å²) in [5.41, 5.74) is -2.78. The highest BCUT2D eigenvalue weighted by Gasteiger charge is 2.51. The minimum Gasteiger partial charge on any atom is -0.346 e. The summed E-state index contributed by atoms with van der Waals surface area (Å²) in [4.78, 5) is 36.0. The van der Waals surface area contributed by atoms with Crippen LogP contribution in [0.4, 0.5) is 23.7 Å². The summed E-state index contributed by atoms with van der Waals surface area (Å²) in [7, 11) is 0. The smallest absolute Gasteiger partial charge is 0.346 e. The number of pyridine rings is 1. The van der Waals surface area contributed by atoms with E-state index in [-0.39, 0.29) is 28.9 Å². The van der Waals surface area contributed by atoms with Crippen LogP contribution in [-0.4, -0.2) is 37.9 Å². The Morgan fingerprint density at radius 2 is 1.84 bits per heavy atom. The molecule has 0 radical (unpaired) electrons. The van der Waals surface area contributed by atoms with Crippen molar-refractivity contribution in [1.82, 2.24) is 14.9 Å². The fourth-order valence-electron chi connectivity index (χ4n) is 3.57. The average Bonchev–Trinajstić information content (AvgIpc) is 3.13. The second-order valence-corrected chi connectivity index (χ2v) is 8.96. The maximum Gasteiger partial charge on any atom is 0.446 e. The van der Waals surface area contributed by atoms with Crippen LogP contribution in [0.1, 0.15) is 25.0 Å². The Hall–Kier alpha value is -3.01. The molecule has 1 aliphatic heterocycles. The van der Waals surface area contributed by atoms with Gasteiger partial charge in [0.1, 0.15) is 11.2 Å². The van der Waals surface area contributed by atoms with Gasteiger partial charge in [-0.2, -0.15) is 13.2 Å². The summed E-state index contributed by atoms with van der Waals surface area (Å²) < 4.78 is 37.7. The first kappa shape index (κ1) is 21.2. The Morgan fingerprint density at radius 1 is 1.16 bits per heavy atom. The van der Waals surface area contributed by atoms with Crippen LogP contribution in [0.3, 0.4) is 0 Å². The van der Waals surface area contributed by atoms with E-state index in [4.69, 9.17) is 0 Å². The lowest BCUT2D eigenvalue weighted by Crippen LogP contribution is -2.43. The van der Waals surface area contributed by atoms with Gasteiger partial charge in [-0.3, -0.25) is 4.79 Å². The zero-order valence-corrected chi connectivity index (χ0v) is 17.8. The van der Waals surface area contributed by atoms with Crippen molar-refractivity contribution in [2.24, 2.45) is 0 Å². The highest BCUT2D eigenvalue weighted by Crippen LogP contribution is 2.39. The number of anilines is 1. The third-order valence-electron chi connectivity index (χ3n) is 5.29. The first-order valence-electron chi connectivity index (χ1n) is 9.42. The number of urea groups is 1. The number of hydrogen-bond acceptors (Lipinski definition) is 4. The minimum atomic E-state index is -4.41. The number of hydrogen-bond donors (Lipinski definition) is 1. The van der Waals surface area contributed by atoms with Crippen molar-refractivity contribution in [2.75, 3.05) is 4.90 Å². The molecule has 162 valence electrons. The zero-order chi connectivity index (χ0) is 22.6. The number of nitrogens with zero attached hydrogens (tertiary/aromatic N) is 3. The van der Waals surface area contributed by atoms with Crippen molar-refractivity contribution in [1.29, 1.82) is 0 Å². The second-order valence-electron chi connectivity index (χ2n) is 7.82. The standard InChI is InChI=1S/C21H19F3N4O2S/c1-12-9-25-17-16(12)8-13(10-26-17)11-27-19(30)28(18(29)20(27,2)3)14-4-6-15(7-5-14)31-21(22,23)24/h4-10H,11H2,1-3H3,(H,25,26). The van der Waals surface area contributed by atoms with Crippen LogP contribution in [0.15, 0.2) is 47.6 Å². The quantitative estimate of drug-likeness (QED) is 0.438. The Labute approximate surface area is 180 Å². The van der Waals surface area contributed by atoms with Crippen LogP contribution in [0.25, 0.3) is 11.0 Å². The number of aromatic amines is 1. The summed E-state index contributed by atoms with van der Waals surface area (Å²) >= 11 is -0.250. The number of imide groups is 1. The molecule has 6 nitrogen and oxygen atoms in total. The molecule has 31 heavy (non-hydrogen) atoms. The molecule has 0 spiro atoms.